The first-order valence-electron chi connectivity index (χ1n) is 12.0. The van der Waals surface area contributed by atoms with Crippen LogP contribution in [0.4, 0.5) is 0 Å². The normalized spacial score (nSPS) is 15.4. The number of nitrogens with one attached hydrogen (secondary N) is 1. The Morgan fingerprint density at radius 1 is 1.11 bits per heavy atom. The monoisotopic (exact) mass is 517 g/mol. The Morgan fingerprint density at radius 3 is 2.58 bits per heavy atom. The lowest BCUT2D eigenvalue weighted by Crippen LogP contribution is -2.37. The highest BCUT2D eigenvalue weighted by molar-refractivity contribution is 6.16. The highest BCUT2D eigenvalue weighted by atomic mass is 16.5. The van der Waals surface area contributed by atoms with Crippen LogP contribution >= 0.6 is 0 Å². The lowest BCUT2D eigenvalue weighted by molar-refractivity contribution is -0.695. The van der Waals surface area contributed by atoms with Crippen LogP contribution in [0.2, 0.25) is 0 Å². The number of ketones is 1. The van der Waals surface area contributed by atoms with Gasteiger partial charge < -0.3 is 28.6 Å². The molecule has 3 heterocycles. The Morgan fingerprint density at radius 2 is 1.87 bits per heavy atom. The van der Waals surface area contributed by atoms with Crippen molar-refractivity contribution in [1.82, 2.24) is 9.88 Å². The maximum Gasteiger partial charge on any atom is 0.241 e. The number of ether oxygens (including phenoxy) is 3. The lowest BCUT2D eigenvalue weighted by atomic mass is 9.94. The Hall–Kier alpha value is -4.73. The number of para-hydroxylation sites is 2. The molecule has 0 aliphatic carbocycles. The van der Waals surface area contributed by atoms with Gasteiger partial charge in [0.15, 0.2) is 28.6 Å². The van der Waals surface area contributed by atoms with Crippen LogP contribution in [-0.2, 0) is 11.3 Å². The smallest absolute Gasteiger partial charge is 0.241 e. The van der Waals surface area contributed by atoms with E-state index in [1.807, 2.05) is 10.8 Å². The van der Waals surface area contributed by atoms with Gasteiger partial charge in [-0.1, -0.05) is 24.3 Å². The predicted octanol–water partition coefficient (Wildman–Crippen LogP) is 2.55. The van der Waals surface area contributed by atoms with Crippen molar-refractivity contribution in [3.05, 3.63) is 83.8 Å². The molecule has 1 unspecified atom stereocenters. The molecule has 2 aromatic carbocycles. The number of hydrogen-bond donors (Lipinski definition) is 1. The molecule has 0 radical (unpaired) electrons. The zero-order valence-electron chi connectivity index (χ0n) is 21.2. The fourth-order valence-electron chi connectivity index (χ4n) is 4.88. The number of aryl methyl sites for hydroxylation is 1. The Labute approximate surface area is 218 Å². The van der Waals surface area contributed by atoms with Crippen molar-refractivity contribution < 1.29 is 37.9 Å². The molecule has 0 saturated heterocycles. The molecule has 10 heteroatoms. The van der Waals surface area contributed by atoms with Crippen molar-refractivity contribution >= 4 is 22.7 Å². The number of methoxy groups -OCH3 is 3. The van der Waals surface area contributed by atoms with Crippen LogP contribution in [0.25, 0.3) is 11.0 Å². The van der Waals surface area contributed by atoms with Crippen LogP contribution in [-0.4, -0.2) is 49.4 Å². The number of hydrogen-bond acceptors (Lipinski definition) is 7. The topological polar surface area (TPSA) is 121 Å². The minimum atomic E-state index is -0.987. The van der Waals surface area contributed by atoms with E-state index in [2.05, 4.69) is 4.98 Å². The summed E-state index contributed by atoms with van der Waals surface area (Å²) in [6, 6.07) is 11.0. The van der Waals surface area contributed by atoms with E-state index in [0.29, 0.717) is 46.7 Å². The van der Waals surface area contributed by atoms with E-state index in [1.54, 1.807) is 55.0 Å². The molecule has 38 heavy (non-hydrogen) atoms. The summed E-state index contributed by atoms with van der Waals surface area (Å²) in [5.41, 5.74) is 0.651. The van der Waals surface area contributed by atoms with E-state index in [1.165, 1.54) is 26.2 Å². The number of imidazole rings is 1. The number of fused-ring (bicyclic) bond motifs is 1. The summed E-state index contributed by atoms with van der Waals surface area (Å²) >= 11 is 0. The van der Waals surface area contributed by atoms with Gasteiger partial charge in [0.1, 0.15) is 12.4 Å². The fraction of sp³-hybridized carbons (Fsp3) is 0.250. The van der Waals surface area contributed by atoms with Gasteiger partial charge in [-0.25, -0.2) is 4.57 Å². The molecule has 0 fully saturated rings. The lowest BCUT2D eigenvalue weighted by Gasteiger charge is -2.29. The number of amides is 1. The zero-order valence-corrected chi connectivity index (χ0v) is 21.2. The average Bonchev–Trinajstić information content (AvgIpc) is 3.67. The third kappa shape index (κ3) is 4.23. The van der Waals surface area contributed by atoms with Crippen molar-refractivity contribution in [2.45, 2.75) is 19.0 Å². The second kappa shape index (κ2) is 10.3. The van der Waals surface area contributed by atoms with E-state index in [-0.39, 0.29) is 17.9 Å². The van der Waals surface area contributed by atoms with Crippen molar-refractivity contribution in [3.8, 4) is 17.2 Å². The third-order valence-electron chi connectivity index (χ3n) is 6.63. The summed E-state index contributed by atoms with van der Waals surface area (Å²) in [5.74, 6) is -1.14. The minimum Gasteiger partial charge on any atom is -0.868 e. The summed E-state index contributed by atoms with van der Waals surface area (Å²) in [6.45, 7) is 0.842. The van der Waals surface area contributed by atoms with Crippen molar-refractivity contribution in [1.29, 1.82) is 0 Å². The number of Topliss-reactive ketones (excluding diaryl/α,β-unsaturated/α-hetero) is 1. The number of furan rings is 1. The van der Waals surface area contributed by atoms with Crippen molar-refractivity contribution in [3.63, 3.8) is 0 Å². The molecular formula is C28H27N3O7. The third-order valence-corrected chi connectivity index (χ3v) is 6.63. The predicted molar refractivity (Wildman–Crippen MR) is 134 cm³/mol. The molecule has 5 rings (SSSR count). The van der Waals surface area contributed by atoms with Crippen molar-refractivity contribution in [2.75, 3.05) is 27.9 Å². The first-order valence-corrected chi connectivity index (χ1v) is 12.0. The number of aromatic nitrogens is 2. The molecule has 196 valence electrons. The van der Waals surface area contributed by atoms with Gasteiger partial charge in [-0.15, -0.1) is 0 Å². The van der Waals surface area contributed by atoms with Gasteiger partial charge in [-0.3, -0.25) is 14.6 Å². The van der Waals surface area contributed by atoms with Gasteiger partial charge >= 0.3 is 0 Å². The van der Waals surface area contributed by atoms with Gasteiger partial charge in [0.05, 0.1) is 33.9 Å². The molecule has 1 N–H and O–H groups in total. The molecule has 0 saturated carbocycles. The molecule has 0 bridgehead atoms. The number of nitrogens with zero attached hydrogens (tertiary/aromatic N) is 2. The summed E-state index contributed by atoms with van der Waals surface area (Å²) in [4.78, 5) is 31.6. The van der Waals surface area contributed by atoms with E-state index >= 15 is 0 Å². The van der Waals surface area contributed by atoms with Gasteiger partial charge in [0, 0.05) is 29.5 Å². The van der Waals surface area contributed by atoms with Crippen LogP contribution in [0.5, 0.6) is 17.2 Å². The second-order valence-electron chi connectivity index (χ2n) is 8.75. The molecule has 1 amide bonds. The zero-order chi connectivity index (χ0) is 26.8. The Kier molecular flexibility index (Phi) is 6.78. The molecule has 2 aromatic heterocycles. The van der Waals surface area contributed by atoms with E-state index < -0.39 is 23.5 Å². The standard InChI is InChI=1S/C28H27N3O7/c1-35-19-9-4-7-17-15-21(38-26(17)19)24(32)22-23(18-8-5-10-20(36-2)27(18)37-3)31(28(34)25(22)33)13-6-12-30-14-11-29-16-30/h4-5,7-11,14-16,23H,6,12-13H2,1-3H3,(H,32,33). The number of aromatic amines is 1. The quantitative estimate of drug-likeness (QED) is 0.254. The van der Waals surface area contributed by atoms with E-state index in [4.69, 9.17) is 18.6 Å². The number of rotatable bonds is 10. The van der Waals surface area contributed by atoms with Gasteiger partial charge in [-0.05, 0) is 24.0 Å². The first kappa shape index (κ1) is 24.9. The van der Waals surface area contributed by atoms with E-state index in [0.717, 1.165) is 0 Å². The number of carbonyl (C=O) groups is 2. The van der Waals surface area contributed by atoms with Crippen LogP contribution < -0.4 is 23.9 Å². The molecule has 4 aromatic rings. The Balaban J connectivity index is 1.58. The van der Waals surface area contributed by atoms with Crippen LogP contribution in [0.3, 0.4) is 0 Å². The van der Waals surface area contributed by atoms with Gasteiger partial charge in [0.2, 0.25) is 18.0 Å². The van der Waals surface area contributed by atoms with Gasteiger partial charge in [0.25, 0.3) is 0 Å². The number of H-pyrrole nitrogens is 1. The largest absolute Gasteiger partial charge is 0.868 e. The minimum absolute atomic E-state index is 0.0581. The average molecular weight is 518 g/mol. The summed E-state index contributed by atoms with van der Waals surface area (Å²) in [7, 11) is 4.47. The Bertz CT molecular complexity index is 1520. The molecule has 1 aliphatic heterocycles. The molecular weight excluding hydrogens is 490 g/mol. The fourth-order valence-corrected chi connectivity index (χ4v) is 4.88. The maximum atomic E-state index is 13.9. The summed E-state index contributed by atoms with van der Waals surface area (Å²) < 4.78 is 24.2. The molecule has 10 nitrogen and oxygen atoms in total. The van der Waals surface area contributed by atoms with E-state index in [9.17, 15) is 14.7 Å². The SMILES string of the molecule is COc1cccc(C2C(C(=O)c3cc4cccc(OC)c4o3)=C([O-])C(=O)N2CCC[n+]2cc[nH]c2)c1OC. The second-order valence-corrected chi connectivity index (χ2v) is 8.75. The van der Waals surface area contributed by atoms with Crippen LogP contribution in [0, 0.1) is 0 Å². The van der Waals surface area contributed by atoms with Crippen molar-refractivity contribution in [2.24, 2.45) is 0 Å². The summed E-state index contributed by atoms with van der Waals surface area (Å²) in [5, 5.41) is 14.0. The van der Waals surface area contributed by atoms with Crippen LogP contribution in [0.1, 0.15) is 28.6 Å². The maximum absolute atomic E-state index is 13.9. The van der Waals surface area contributed by atoms with Gasteiger partial charge in [-0.2, -0.15) is 0 Å². The first-order chi connectivity index (χ1) is 18.5. The van der Waals surface area contributed by atoms with Crippen LogP contribution in [0.15, 0.2) is 76.9 Å². The molecule has 1 aliphatic rings. The molecule has 1 atom stereocenters. The molecule has 0 spiro atoms. The highest BCUT2D eigenvalue weighted by Gasteiger charge is 2.42. The highest BCUT2D eigenvalue weighted by Crippen LogP contribution is 2.45. The summed E-state index contributed by atoms with van der Waals surface area (Å²) in [6.07, 6.45) is 6.02. The number of benzene rings is 2. The number of carbonyl (C=O) groups excluding carboxylic acids is 2.